The molecule has 5 heteroatoms. The van der Waals surface area contributed by atoms with Crippen molar-refractivity contribution in [1.82, 2.24) is 15.5 Å². The lowest BCUT2D eigenvalue weighted by molar-refractivity contribution is -0.121. The summed E-state index contributed by atoms with van der Waals surface area (Å²) in [6, 6.07) is 10.8. The Morgan fingerprint density at radius 3 is 2.70 bits per heavy atom. The van der Waals surface area contributed by atoms with Crippen molar-refractivity contribution >= 4 is 11.9 Å². The van der Waals surface area contributed by atoms with Gasteiger partial charge >= 0.3 is 0 Å². The molecule has 23 heavy (non-hydrogen) atoms. The van der Waals surface area contributed by atoms with Crippen LogP contribution in [-0.4, -0.2) is 42.9 Å². The zero-order valence-electron chi connectivity index (χ0n) is 14.2. The number of benzene rings is 1. The first-order valence-electron chi connectivity index (χ1n) is 8.51. The molecule has 2 rings (SSSR count). The molecule has 0 bridgehead atoms. The van der Waals surface area contributed by atoms with E-state index >= 15 is 0 Å². The smallest absolute Gasteiger partial charge is 0.220 e. The van der Waals surface area contributed by atoms with E-state index in [0.717, 1.165) is 38.3 Å². The molecule has 126 valence electrons. The third kappa shape index (κ3) is 6.72. The molecule has 0 radical (unpaired) electrons. The molecular formula is C18H28N4O. The lowest BCUT2D eigenvalue weighted by Crippen LogP contribution is -2.38. The average molecular weight is 316 g/mol. The van der Waals surface area contributed by atoms with Crippen molar-refractivity contribution in [2.45, 2.75) is 45.2 Å². The Kier molecular flexibility index (Phi) is 6.91. The highest BCUT2D eigenvalue weighted by Crippen LogP contribution is 2.18. The fourth-order valence-corrected chi connectivity index (χ4v) is 2.35. The van der Waals surface area contributed by atoms with Crippen molar-refractivity contribution in [2.75, 3.05) is 20.1 Å². The van der Waals surface area contributed by atoms with E-state index in [4.69, 9.17) is 0 Å². The van der Waals surface area contributed by atoms with Gasteiger partial charge in [0.05, 0.1) is 0 Å². The van der Waals surface area contributed by atoms with Crippen molar-refractivity contribution < 1.29 is 4.79 Å². The molecule has 1 aromatic rings. The molecule has 0 saturated heterocycles. The van der Waals surface area contributed by atoms with E-state index in [1.165, 1.54) is 5.56 Å². The van der Waals surface area contributed by atoms with Crippen molar-refractivity contribution in [1.29, 1.82) is 0 Å². The largest absolute Gasteiger partial charge is 0.357 e. The highest BCUT2D eigenvalue weighted by molar-refractivity contribution is 5.80. The second-order valence-corrected chi connectivity index (χ2v) is 6.02. The zero-order valence-corrected chi connectivity index (χ0v) is 14.2. The molecular weight excluding hydrogens is 288 g/mol. The van der Waals surface area contributed by atoms with Gasteiger partial charge in [-0.15, -0.1) is 0 Å². The molecule has 1 amide bonds. The molecule has 0 atom stereocenters. The second-order valence-electron chi connectivity index (χ2n) is 6.02. The molecule has 1 fully saturated rings. The summed E-state index contributed by atoms with van der Waals surface area (Å²) in [5.41, 5.74) is 1.25. The maximum atomic E-state index is 11.7. The number of nitrogens with zero attached hydrogens (tertiary/aromatic N) is 2. The first-order valence-corrected chi connectivity index (χ1v) is 8.51. The lowest BCUT2D eigenvalue weighted by atomic mass is 10.2. The van der Waals surface area contributed by atoms with Gasteiger partial charge in [-0.3, -0.25) is 9.79 Å². The summed E-state index contributed by atoms with van der Waals surface area (Å²) in [4.78, 5) is 18.4. The molecule has 1 aliphatic carbocycles. The van der Waals surface area contributed by atoms with Crippen LogP contribution in [0.4, 0.5) is 0 Å². The number of amides is 1. The molecule has 1 aromatic carbocycles. The van der Waals surface area contributed by atoms with E-state index < -0.39 is 0 Å². The standard InChI is InChI=1S/C18H28N4O/c1-3-19-18(22(2)14-15-8-5-4-6-9-15)20-13-7-10-17(23)21-16-11-12-16/h4-6,8-9,16H,3,7,10-14H2,1-2H3,(H,19,20)(H,21,23). The zero-order chi connectivity index (χ0) is 16.5. The average Bonchev–Trinajstić information content (AvgIpc) is 3.35. The van der Waals surface area contributed by atoms with Gasteiger partial charge in [0.25, 0.3) is 0 Å². The number of carbonyl (C=O) groups excluding carboxylic acids is 1. The Balaban J connectivity index is 1.77. The predicted molar refractivity (Wildman–Crippen MR) is 94.3 cm³/mol. The second kappa shape index (κ2) is 9.18. The van der Waals surface area contributed by atoms with Crippen LogP contribution in [0.2, 0.25) is 0 Å². The van der Waals surface area contributed by atoms with Gasteiger partial charge in [-0.1, -0.05) is 30.3 Å². The first kappa shape index (κ1) is 17.3. The minimum absolute atomic E-state index is 0.158. The summed E-state index contributed by atoms with van der Waals surface area (Å²) in [5, 5.41) is 6.32. The fourth-order valence-electron chi connectivity index (χ4n) is 2.35. The number of carbonyl (C=O) groups is 1. The molecule has 0 aliphatic heterocycles. The van der Waals surface area contributed by atoms with Crippen molar-refractivity contribution in [3.05, 3.63) is 35.9 Å². The minimum atomic E-state index is 0.158. The van der Waals surface area contributed by atoms with Gasteiger partial charge in [0.2, 0.25) is 5.91 Å². The van der Waals surface area contributed by atoms with Gasteiger partial charge in [-0.2, -0.15) is 0 Å². The maximum absolute atomic E-state index is 11.7. The van der Waals surface area contributed by atoms with Crippen LogP contribution in [0.1, 0.15) is 38.2 Å². The predicted octanol–water partition coefficient (Wildman–Crippen LogP) is 2.14. The number of hydrogen-bond acceptors (Lipinski definition) is 2. The highest BCUT2D eigenvalue weighted by atomic mass is 16.1. The Morgan fingerprint density at radius 1 is 1.30 bits per heavy atom. The Labute approximate surface area is 139 Å². The molecule has 1 aliphatic rings. The van der Waals surface area contributed by atoms with Gasteiger partial charge in [-0.05, 0) is 31.7 Å². The summed E-state index contributed by atoms with van der Waals surface area (Å²) in [5.74, 6) is 1.05. The van der Waals surface area contributed by atoms with Gasteiger partial charge in [0.15, 0.2) is 5.96 Å². The van der Waals surface area contributed by atoms with Crippen LogP contribution in [0.15, 0.2) is 35.3 Å². The number of guanidine groups is 1. The number of rotatable bonds is 8. The summed E-state index contributed by atoms with van der Waals surface area (Å²) >= 11 is 0. The van der Waals surface area contributed by atoms with Gasteiger partial charge < -0.3 is 15.5 Å². The van der Waals surface area contributed by atoms with Crippen LogP contribution in [0, 0.1) is 0 Å². The normalized spacial score (nSPS) is 14.4. The lowest BCUT2D eigenvalue weighted by Gasteiger charge is -2.22. The van der Waals surface area contributed by atoms with Gasteiger partial charge in [-0.25, -0.2) is 0 Å². The number of aliphatic imine (C=N–C) groups is 1. The van der Waals surface area contributed by atoms with E-state index in [-0.39, 0.29) is 5.91 Å². The van der Waals surface area contributed by atoms with Crippen LogP contribution >= 0.6 is 0 Å². The third-order valence-corrected chi connectivity index (χ3v) is 3.73. The van der Waals surface area contributed by atoms with E-state index in [1.54, 1.807) is 0 Å². The van der Waals surface area contributed by atoms with Crippen LogP contribution in [0.5, 0.6) is 0 Å². The van der Waals surface area contributed by atoms with Crippen LogP contribution < -0.4 is 10.6 Å². The quantitative estimate of drug-likeness (QED) is 0.439. The number of nitrogens with one attached hydrogen (secondary N) is 2. The summed E-state index contributed by atoms with van der Waals surface area (Å²) < 4.78 is 0. The molecule has 1 saturated carbocycles. The van der Waals surface area contributed by atoms with E-state index in [1.807, 2.05) is 25.2 Å². The fraction of sp³-hybridized carbons (Fsp3) is 0.556. The van der Waals surface area contributed by atoms with Crippen LogP contribution in [-0.2, 0) is 11.3 Å². The molecule has 0 aromatic heterocycles. The monoisotopic (exact) mass is 316 g/mol. The van der Waals surface area contributed by atoms with Crippen molar-refractivity contribution in [3.8, 4) is 0 Å². The van der Waals surface area contributed by atoms with Gasteiger partial charge in [0.1, 0.15) is 0 Å². The third-order valence-electron chi connectivity index (χ3n) is 3.73. The minimum Gasteiger partial charge on any atom is -0.357 e. The SMILES string of the molecule is CCNC(=NCCCC(=O)NC1CC1)N(C)Cc1ccccc1. The highest BCUT2D eigenvalue weighted by Gasteiger charge is 2.22. The summed E-state index contributed by atoms with van der Waals surface area (Å²) in [7, 11) is 2.04. The van der Waals surface area contributed by atoms with E-state index in [9.17, 15) is 4.79 Å². The Morgan fingerprint density at radius 2 is 2.04 bits per heavy atom. The van der Waals surface area contributed by atoms with Crippen molar-refractivity contribution in [3.63, 3.8) is 0 Å². The Bertz CT molecular complexity index is 511. The maximum Gasteiger partial charge on any atom is 0.220 e. The van der Waals surface area contributed by atoms with E-state index in [0.29, 0.717) is 19.0 Å². The summed E-state index contributed by atoms with van der Waals surface area (Å²) in [6.45, 7) is 4.38. The van der Waals surface area contributed by atoms with Crippen molar-refractivity contribution in [2.24, 2.45) is 4.99 Å². The Hall–Kier alpha value is -2.04. The van der Waals surface area contributed by atoms with Gasteiger partial charge in [0, 0.05) is 39.1 Å². The molecule has 0 unspecified atom stereocenters. The molecule has 0 spiro atoms. The van der Waals surface area contributed by atoms with Crippen LogP contribution in [0.3, 0.4) is 0 Å². The first-order chi connectivity index (χ1) is 11.2. The summed E-state index contributed by atoms with van der Waals surface area (Å²) in [6.07, 6.45) is 3.62. The van der Waals surface area contributed by atoms with E-state index in [2.05, 4.69) is 39.6 Å². The number of hydrogen-bond donors (Lipinski definition) is 2. The molecule has 2 N–H and O–H groups in total. The van der Waals surface area contributed by atoms with Crippen LogP contribution in [0.25, 0.3) is 0 Å². The molecule has 0 heterocycles. The topological polar surface area (TPSA) is 56.7 Å². The molecule has 5 nitrogen and oxygen atoms in total.